The van der Waals surface area contributed by atoms with Gasteiger partial charge in [-0.15, -0.1) is 5.10 Å². The van der Waals surface area contributed by atoms with Gasteiger partial charge in [-0.25, -0.2) is 9.48 Å². The highest BCUT2D eigenvalue weighted by Gasteiger charge is 2.16. The molecule has 2 heterocycles. The molecule has 0 atom stereocenters. The molecule has 1 aliphatic rings. The van der Waals surface area contributed by atoms with E-state index in [1.54, 1.807) is 35.1 Å². The minimum absolute atomic E-state index is 0.202. The predicted molar refractivity (Wildman–Crippen MR) is 129 cm³/mol. The number of aromatic carboxylic acids is 1. The molecule has 0 radical (unpaired) electrons. The van der Waals surface area contributed by atoms with Crippen LogP contribution < -0.4 is 5.32 Å². The smallest absolute Gasteiger partial charge is 0.335 e. The van der Waals surface area contributed by atoms with Crippen LogP contribution in [0.25, 0.3) is 28.1 Å². The Kier molecular flexibility index (Phi) is 5.94. The fraction of sp³-hybridized carbons (Fsp3) is 0.192. The number of nitrogens with one attached hydrogen (secondary N) is 1. The summed E-state index contributed by atoms with van der Waals surface area (Å²) in [6.45, 7) is 2.10. The van der Waals surface area contributed by atoms with Gasteiger partial charge in [0, 0.05) is 10.6 Å². The van der Waals surface area contributed by atoms with Crippen LogP contribution in [0.1, 0.15) is 34.7 Å². The van der Waals surface area contributed by atoms with E-state index >= 15 is 0 Å². The van der Waals surface area contributed by atoms with Gasteiger partial charge in [-0.1, -0.05) is 53.2 Å². The molecule has 1 fully saturated rings. The van der Waals surface area contributed by atoms with Gasteiger partial charge in [0.05, 0.1) is 17.4 Å². The fourth-order valence-corrected chi connectivity index (χ4v) is 4.41. The van der Waals surface area contributed by atoms with Crippen molar-refractivity contribution in [3.05, 3.63) is 89.1 Å². The molecule has 0 spiro atoms. The van der Waals surface area contributed by atoms with Crippen molar-refractivity contribution in [3.63, 3.8) is 0 Å². The Morgan fingerprint density at radius 2 is 1.64 bits per heavy atom. The number of aromatic nitrogens is 3. The summed E-state index contributed by atoms with van der Waals surface area (Å²) in [5, 5.41) is 22.2. The van der Waals surface area contributed by atoms with E-state index in [-0.39, 0.29) is 5.56 Å². The first kappa shape index (κ1) is 21.4. The molecule has 0 saturated carbocycles. The first-order valence-electron chi connectivity index (χ1n) is 10.9. The van der Waals surface area contributed by atoms with Crippen LogP contribution in [0.5, 0.6) is 0 Å². The molecule has 5 rings (SSSR count). The highest BCUT2D eigenvalue weighted by atomic mass is 35.5. The van der Waals surface area contributed by atoms with Crippen molar-refractivity contribution in [2.24, 2.45) is 0 Å². The quantitative estimate of drug-likeness (QED) is 0.417. The highest BCUT2D eigenvalue weighted by Crippen LogP contribution is 2.30. The van der Waals surface area contributed by atoms with Crippen LogP contribution in [-0.2, 0) is 0 Å². The molecule has 1 aromatic heterocycles. The maximum atomic E-state index is 11.8. The molecule has 166 valence electrons. The summed E-state index contributed by atoms with van der Waals surface area (Å²) in [5.74, 6) is -0.412. The molecule has 3 aromatic carbocycles. The topological polar surface area (TPSA) is 80.0 Å². The van der Waals surface area contributed by atoms with Crippen molar-refractivity contribution in [3.8, 4) is 28.1 Å². The highest BCUT2D eigenvalue weighted by molar-refractivity contribution is 6.30. The summed E-state index contributed by atoms with van der Waals surface area (Å²) in [5.41, 5.74) is 5.53. The zero-order valence-corrected chi connectivity index (χ0v) is 18.7. The fourth-order valence-electron chi connectivity index (χ4n) is 4.28. The van der Waals surface area contributed by atoms with Gasteiger partial charge in [-0.2, -0.15) is 0 Å². The minimum Gasteiger partial charge on any atom is -0.478 e. The van der Waals surface area contributed by atoms with Crippen molar-refractivity contribution < 1.29 is 9.90 Å². The third kappa shape index (κ3) is 4.67. The maximum absolute atomic E-state index is 11.8. The number of benzene rings is 3. The third-order valence-corrected chi connectivity index (χ3v) is 6.37. The van der Waals surface area contributed by atoms with Crippen molar-refractivity contribution in [1.82, 2.24) is 20.3 Å². The van der Waals surface area contributed by atoms with Crippen LogP contribution >= 0.6 is 11.6 Å². The van der Waals surface area contributed by atoms with E-state index in [1.165, 1.54) is 5.56 Å². The van der Waals surface area contributed by atoms with E-state index in [4.69, 9.17) is 11.6 Å². The Labute approximate surface area is 196 Å². The number of rotatable bonds is 5. The van der Waals surface area contributed by atoms with Gasteiger partial charge in [0.1, 0.15) is 5.69 Å². The Bertz CT molecular complexity index is 1280. The van der Waals surface area contributed by atoms with Crippen LogP contribution in [0.4, 0.5) is 0 Å². The SMILES string of the molecule is O=C(O)c1cc(-c2ccc(C3CCNCC3)cc2)cc(-n2cc(-c3ccc(Cl)cc3)nn2)c1. The van der Waals surface area contributed by atoms with Crippen LogP contribution in [0.3, 0.4) is 0 Å². The summed E-state index contributed by atoms with van der Waals surface area (Å²) in [4.78, 5) is 11.8. The van der Waals surface area contributed by atoms with Crippen molar-refractivity contribution in [2.45, 2.75) is 18.8 Å². The second-order valence-corrected chi connectivity index (χ2v) is 8.71. The standard InChI is InChI=1S/C26H23ClN4O2/c27-23-7-5-20(6-8-23)25-16-31(30-29-25)24-14-21(13-22(15-24)26(32)33)18-3-1-17(2-4-18)19-9-11-28-12-10-19/h1-8,13-16,19,28H,9-12H2,(H,32,33). The number of carbonyl (C=O) groups is 1. The van der Waals surface area contributed by atoms with Crippen molar-refractivity contribution >= 4 is 17.6 Å². The van der Waals surface area contributed by atoms with Crippen LogP contribution in [0.2, 0.25) is 5.02 Å². The normalized spacial score (nSPS) is 14.3. The van der Waals surface area contributed by atoms with E-state index in [2.05, 4.69) is 39.9 Å². The second kappa shape index (κ2) is 9.17. The van der Waals surface area contributed by atoms with E-state index in [1.807, 2.05) is 18.2 Å². The number of carboxylic acid groups (broad SMARTS) is 1. The molecular formula is C26H23ClN4O2. The number of halogens is 1. The van der Waals surface area contributed by atoms with Gasteiger partial charge in [0.2, 0.25) is 0 Å². The largest absolute Gasteiger partial charge is 0.478 e. The van der Waals surface area contributed by atoms with E-state index < -0.39 is 5.97 Å². The monoisotopic (exact) mass is 458 g/mol. The summed E-state index contributed by atoms with van der Waals surface area (Å²) < 4.78 is 1.60. The van der Waals surface area contributed by atoms with Gasteiger partial charge in [0.15, 0.2) is 0 Å². The minimum atomic E-state index is -0.984. The van der Waals surface area contributed by atoms with Crippen LogP contribution in [-0.4, -0.2) is 39.2 Å². The van der Waals surface area contributed by atoms with E-state index in [0.717, 1.165) is 42.6 Å². The molecule has 0 amide bonds. The average molecular weight is 459 g/mol. The Morgan fingerprint density at radius 3 is 2.33 bits per heavy atom. The lowest BCUT2D eigenvalue weighted by Crippen LogP contribution is -2.26. The summed E-state index contributed by atoms with van der Waals surface area (Å²) in [6, 6.07) is 21.0. The van der Waals surface area contributed by atoms with E-state index in [9.17, 15) is 9.90 Å². The summed E-state index contributed by atoms with van der Waals surface area (Å²) in [6.07, 6.45) is 4.06. The Hall–Kier alpha value is -3.48. The molecule has 1 saturated heterocycles. The zero-order chi connectivity index (χ0) is 22.8. The molecule has 0 bridgehead atoms. The number of carboxylic acids is 1. The van der Waals surface area contributed by atoms with Gasteiger partial charge in [-0.3, -0.25) is 0 Å². The van der Waals surface area contributed by atoms with Crippen molar-refractivity contribution in [2.75, 3.05) is 13.1 Å². The first-order chi connectivity index (χ1) is 16.1. The molecule has 4 aromatic rings. The average Bonchev–Trinajstić information content (AvgIpc) is 3.35. The molecule has 2 N–H and O–H groups in total. The lowest BCUT2D eigenvalue weighted by molar-refractivity contribution is 0.0697. The number of hydrogen-bond acceptors (Lipinski definition) is 4. The maximum Gasteiger partial charge on any atom is 0.335 e. The first-order valence-corrected chi connectivity index (χ1v) is 11.3. The summed E-state index contributed by atoms with van der Waals surface area (Å²) >= 11 is 5.98. The second-order valence-electron chi connectivity index (χ2n) is 8.28. The third-order valence-electron chi connectivity index (χ3n) is 6.12. The van der Waals surface area contributed by atoms with Gasteiger partial charge in [-0.05, 0) is 78.9 Å². The van der Waals surface area contributed by atoms with E-state index in [0.29, 0.717) is 22.3 Å². The van der Waals surface area contributed by atoms with Gasteiger partial charge < -0.3 is 10.4 Å². The van der Waals surface area contributed by atoms with Crippen LogP contribution in [0.15, 0.2) is 72.9 Å². The molecule has 1 aliphatic heterocycles. The molecular weight excluding hydrogens is 436 g/mol. The number of hydrogen-bond donors (Lipinski definition) is 2. The lowest BCUT2D eigenvalue weighted by atomic mass is 9.89. The molecule has 6 nitrogen and oxygen atoms in total. The Morgan fingerprint density at radius 1 is 0.939 bits per heavy atom. The summed E-state index contributed by atoms with van der Waals surface area (Å²) in [7, 11) is 0. The Balaban J connectivity index is 1.48. The molecule has 33 heavy (non-hydrogen) atoms. The van der Waals surface area contributed by atoms with Gasteiger partial charge in [0.25, 0.3) is 0 Å². The number of nitrogens with zero attached hydrogens (tertiary/aromatic N) is 3. The van der Waals surface area contributed by atoms with Crippen molar-refractivity contribution in [1.29, 1.82) is 0 Å². The van der Waals surface area contributed by atoms with Gasteiger partial charge >= 0.3 is 5.97 Å². The zero-order valence-electron chi connectivity index (χ0n) is 17.9. The molecule has 0 aliphatic carbocycles. The lowest BCUT2D eigenvalue weighted by Gasteiger charge is -2.23. The molecule has 7 heteroatoms. The van der Waals surface area contributed by atoms with Crippen LogP contribution in [0, 0.1) is 0 Å². The predicted octanol–water partition coefficient (Wildman–Crippen LogP) is 5.42. The molecule has 0 unspecified atom stereocenters. The number of piperidine rings is 1.